The molecule has 0 aliphatic carbocycles. The molecule has 0 amide bonds. The number of nitrogens with one attached hydrogen (secondary N) is 1. The molecule has 19 heavy (non-hydrogen) atoms. The summed E-state index contributed by atoms with van der Waals surface area (Å²) in [6.07, 6.45) is 0. The van der Waals surface area contributed by atoms with Crippen LogP contribution in [0.5, 0.6) is 0 Å². The lowest BCUT2D eigenvalue weighted by atomic mass is 10.1. The van der Waals surface area contributed by atoms with Gasteiger partial charge in [-0.05, 0) is 43.1 Å². The minimum atomic E-state index is 0.622. The highest BCUT2D eigenvalue weighted by Gasteiger charge is 2.09. The SMILES string of the molecule is Cc1cc(CNCC(C)C)c2c(Cl)cc(Cl)cc2n1. The molecule has 102 valence electrons. The zero-order valence-electron chi connectivity index (χ0n) is 11.4. The van der Waals surface area contributed by atoms with Crippen molar-refractivity contribution in [3.05, 3.63) is 39.5 Å². The van der Waals surface area contributed by atoms with Gasteiger partial charge in [0.2, 0.25) is 0 Å². The lowest BCUT2D eigenvalue weighted by Gasteiger charge is -2.12. The Morgan fingerprint density at radius 2 is 1.95 bits per heavy atom. The smallest absolute Gasteiger partial charge is 0.0738 e. The van der Waals surface area contributed by atoms with Crippen LogP contribution in [-0.2, 0) is 6.54 Å². The van der Waals surface area contributed by atoms with E-state index in [0.717, 1.165) is 29.7 Å². The maximum Gasteiger partial charge on any atom is 0.0738 e. The second-order valence-corrected chi connectivity index (χ2v) is 6.07. The number of halogens is 2. The molecule has 2 rings (SSSR count). The topological polar surface area (TPSA) is 24.9 Å². The molecular weight excluding hydrogens is 279 g/mol. The number of hydrogen-bond donors (Lipinski definition) is 1. The molecule has 4 heteroatoms. The van der Waals surface area contributed by atoms with Gasteiger partial charge in [0.15, 0.2) is 0 Å². The van der Waals surface area contributed by atoms with Crippen molar-refractivity contribution < 1.29 is 0 Å². The molecule has 1 heterocycles. The van der Waals surface area contributed by atoms with E-state index in [-0.39, 0.29) is 0 Å². The number of nitrogens with zero attached hydrogens (tertiary/aromatic N) is 1. The third-order valence-corrected chi connectivity index (χ3v) is 3.42. The summed E-state index contributed by atoms with van der Waals surface area (Å²) in [6, 6.07) is 5.71. The molecule has 0 fully saturated rings. The number of benzene rings is 1. The van der Waals surface area contributed by atoms with Crippen LogP contribution < -0.4 is 5.32 Å². The first-order valence-electron chi connectivity index (χ1n) is 6.43. The summed E-state index contributed by atoms with van der Waals surface area (Å²) >= 11 is 12.3. The van der Waals surface area contributed by atoms with E-state index >= 15 is 0 Å². The molecule has 0 radical (unpaired) electrons. The van der Waals surface area contributed by atoms with E-state index in [4.69, 9.17) is 23.2 Å². The molecule has 2 nitrogen and oxygen atoms in total. The molecule has 0 bridgehead atoms. The van der Waals surface area contributed by atoms with Crippen LogP contribution in [0.25, 0.3) is 10.9 Å². The van der Waals surface area contributed by atoms with Crippen LogP contribution in [-0.4, -0.2) is 11.5 Å². The van der Waals surface area contributed by atoms with Crippen molar-refractivity contribution in [2.45, 2.75) is 27.3 Å². The Bertz CT molecular complexity index is 589. The van der Waals surface area contributed by atoms with Gasteiger partial charge in [0.25, 0.3) is 0 Å². The lowest BCUT2D eigenvalue weighted by Crippen LogP contribution is -2.19. The van der Waals surface area contributed by atoms with Gasteiger partial charge >= 0.3 is 0 Å². The molecule has 0 saturated carbocycles. The van der Waals surface area contributed by atoms with Crippen LogP contribution in [0.3, 0.4) is 0 Å². The van der Waals surface area contributed by atoms with Crippen molar-refractivity contribution in [2.24, 2.45) is 5.92 Å². The molecule has 1 N–H and O–H groups in total. The molecule has 0 aliphatic rings. The molecule has 0 saturated heterocycles. The summed E-state index contributed by atoms with van der Waals surface area (Å²) < 4.78 is 0. The van der Waals surface area contributed by atoms with Crippen LogP contribution in [0.4, 0.5) is 0 Å². The largest absolute Gasteiger partial charge is 0.312 e. The number of pyridine rings is 1. The molecule has 0 spiro atoms. The molecule has 0 unspecified atom stereocenters. The van der Waals surface area contributed by atoms with Crippen molar-refractivity contribution in [3.63, 3.8) is 0 Å². The minimum absolute atomic E-state index is 0.622. The normalized spacial score (nSPS) is 11.5. The summed E-state index contributed by atoms with van der Waals surface area (Å²) in [6.45, 7) is 8.14. The average molecular weight is 297 g/mol. The molecular formula is C15H18Cl2N2. The maximum atomic E-state index is 6.31. The lowest BCUT2D eigenvalue weighted by molar-refractivity contribution is 0.553. The van der Waals surface area contributed by atoms with Gasteiger partial charge in [0, 0.05) is 22.6 Å². The number of aromatic nitrogens is 1. The van der Waals surface area contributed by atoms with Gasteiger partial charge in [-0.2, -0.15) is 0 Å². The van der Waals surface area contributed by atoms with Crippen LogP contribution in [0.2, 0.25) is 10.0 Å². The Morgan fingerprint density at radius 3 is 2.63 bits per heavy atom. The Kier molecular flexibility index (Phi) is 4.67. The second kappa shape index (κ2) is 6.08. The van der Waals surface area contributed by atoms with Gasteiger partial charge in [-0.15, -0.1) is 0 Å². The summed E-state index contributed by atoms with van der Waals surface area (Å²) in [4.78, 5) is 4.50. The van der Waals surface area contributed by atoms with E-state index in [1.165, 1.54) is 5.56 Å². The van der Waals surface area contributed by atoms with E-state index < -0.39 is 0 Å². The standard InChI is InChI=1S/C15H18Cl2N2/c1-9(2)7-18-8-11-4-10(3)19-14-6-12(16)5-13(17)15(11)14/h4-6,9,18H,7-8H2,1-3H3. The average Bonchev–Trinajstić information content (AvgIpc) is 2.26. The minimum Gasteiger partial charge on any atom is -0.312 e. The fourth-order valence-corrected chi connectivity index (χ4v) is 2.75. The van der Waals surface area contributed by atoms with Gasteiger partial charge in [0.1, 0.15) is 0 Å². The number of aryl methyl sites for hydroxylation is 1. The van der Waals surface area contributed by atoms with E-state index in [1.54, 1.807) is 6.07 Å². The quantitative estimate of drug-likeness (QED) is 0.892. The first kappa shape index (κ1) is 14.6. The highest BCUT2D eigenvalue weighted by molar-refractivity contribution is 6.38. The van der Waals surface area contributed by atoms with Gasteiger partial charge in [-0.3, -0.25) is 4.98 Å². The highest BCUT2D eigenvalue weighted by Crippen LogP contribution is 2.30. The number of hydrogen-bond acceptors (Lipinski definition) is 2. The number of rotatable bonds is 4. The summed E-state index contributed by atoms with van der Waals surface area (Å²) in [5.41, 5.74) is 3.01. The van der Waals surface area contributed by atoms with E-state index in [0.29, 0.717) is 16.0 Å². The molecule has 0 atom stereocenters. The first-order chi connectivity index (χ1) is 8.97. The van der Waals surface area contributed by atoms with E-state index in [2.05, 4.69) is 30.2 Å². The zero-order chi connectivity index (χ0) is 14.0. The van der Waals surface area contributed by atoms with Crippen molar-refractivity contribution in [2.75, 3.05) is 6.54 Å². The fourth-order valence-electron chi connectivity index (χ4n) is 2.15. The molecule has 0 aliphatic heterocycles. The molecule has 1 aromatic heterocycles. The van der Waals surface area contributed by atoms with Crippen molar-refractivity contribution in [1.29, 1.82) is 0 Å². The molecule has 2 aromatic rings. The maximum absolute atomic E-state index is 6.31. The summed E-state index contributed by atoms with van der Waals surface area (Å²) in [7, 11) is 0. The first-order valence-corrected chi connectivity index (χ1v) is 7.19. The van der Waals surface area contributed by atoms with Crippen LogP contribution >= 0.6 is 23.2 Å². The van der Waals surface area contributed by atoms with Crippen molar-refractivity contribution in [1.82, 2.24) is 10.3 Å². The monoisotopic (exact) mass is 296 g/mol. The van der Waals surface area contributed by atoms with Crippen molar-refractivity contribution >= 4 is 34.1 Å². The molecule has 1 aromatic carbocycles. The predicted octanol–water partition coefficient (Wildman–Crippen LogP) is 4.60. The van der Waals surface area contributed by atoms with Crippen LogP contribution in [0, 0.1) is 12.8 Å². The van der Waals surface area contributed by atoms with E-state index in [9.17, 15) is 0 Å². The van der Waals surface area contributed by atoms with Gasteiger partial charge in [-0.1, -0.05) is 37.0 Å². The van der Waals surface area contributed by atoms with Crippen molar-refractivity contribution in [3.8, 4) is 0 Å². The Balaban J connectivity index is 2.41. The van der Waals surface area contributed by atoms with Crippen LogP contribution in [0.1, 0.15) is 25.1 Å². The van der Waals surface area contributed by atoms with E-state index in [1.807, 2.05) is 13.0 Å². The van der Waals surface area contributed by atoms with Gasteiger partial charge in [0.05, 0.1) is 10.5 Å². The second-order valence-electron chi connectivity index (χ2n) is 5.23. The Labute approximate surface area is 124 Å². The Hall–Kier alpha value is -0.830. The third-order valence-electron chi connectivity index (χ3n) is 2.90. The Morgan fingerprint density at radius 1 is 1.21 bits per heavy atom. The zero-order valence-corrected chi connectivity index (χ0v) is 12.9. The van der Waals surface area contributed by atoms with Gasteiger partial charge in [-0.25, -0.2) is 0 Å². The van der Waals surface area contributed by atoms with Gasteiger partial charge < -0.3 is 5.32 Å². The fraction of sp³-hybridized carbons (Fsp3) is 0.400. The highest BCUT2D eigenvalue weighted by atomic mass is 35.5. The predicted molar refractivity (Wildman–Crippen MR) is 83.0 cm³/mol. The third kappa shape index (κ3) is 3.59. The number of fused-ring (bicyclic) bond motifs is 1. The summed E-state index contributed by atoms with van der Waals surface area (Å²) in [5, 5.41) is 5.72. The van der Waals surface area contributed by atoms with Crippen LogP contribution in [0.15, 0.2) is 18.2 Å². The summed E-state index contributed by atoms with van der Waals surface area (Å²) in [5.74, 6) is 0.624.